The highest BCUT2D eigenvalue weighted by molar-refractivity contribution is 5.98. The maximum atomic E-state index is 13.2. The normalized spacial score (nSPS) is 22.7. The van der Waals surface area contributed by atoms with Gasteiger partial charge in [-0.15, -0.1) is 0 Å². The molecule has 0 aliphatic carbocycles. The van der Waals surface area contributed by atoms with Crippen molar-refractivity contribution in [2.45, 2.75) is 25.4 Å². The molecule has 0 radical (unpaired) electrons. The van der Waals surface area contributed by atoms with E-state index >= 15 is 0 Å². The van der Waals surface area contributed by atoms with E-state index in [1.807, 2.05) is 60.7 Å². The zero-order chi connectivity index (χ0) is 18.1. The molecule has 26 heavy (non-hydrogen) atoms. The lowest BCUT2D eigenvalue weighted by molar-refractivity contribution is -0.176. The average molecular weight is 348 g/mol. The first-order chi connectivity index (χ1) is 12.6. The number of hydrogen-bond donors (Lipinski definition) is 0. The molecule has 2 amide bonds. The fourth-order valence-electron chi connectivity index (χ4n) is 3.52. The van der Waals surface area contributed by atoms with Crippen molar-refractivity contribution < 1.29 is 14.3 Å². The Labute approximate surface area is 152 Å². The third-order valence-electron chi connectivity index (χ3n) is 4.81. The molecule has 3 aliphatic heterocycles. The van der Waals surface area contributed by atoms with Crippen LogP contribution in [0.2, 0.25) is 0 Å². The Balaban J connectivity index is 1.64. The summed E-state index contributed by atoms with van der Waals surface area (Å²) in [4.78, 5) is 29.4. The lowest BCUT2D eigenvalue weighted by Gasteiger charge is -2.41. The molecule has 5 heteroatoms. The molecule has 2 atom stereocenters. The van der Waals surface area contributed by atoms with Crippen LogP contribution < -0.4 is 0 Å². The number of carbonyl (C=O) groups excluding carboxylic acids is 2. The lowest BCUT2D eigenvalue weighted by atomic mass is 10.0. The molecule has 0 saturated carbocycles. The Bertz CT molecular complexity index is 835. The quantitative estimate of drug-likeness (QED) is 0.797. The molecule has 2 aromatic rings. The van der Waals surface area contributed by atoms with Gasteiger partial charge in [0.1, 0.15) is 6.04 Å². The third-order valence-corrected chi connectivity index (χ3v) is 4.81. The van der Waals surface area contributed by atoms with Crippen LogP contribution >= 0.6 is 0 Å². The van der Waals surface area contributed by atoms with E-state index in [-0.39, 0.29) is 18.4 Å². The number of hydrogen-bond acceptors (Lipinski definition) is 3. The first-order valence-electron chi connectivity index (χ1n) is 8.63. The number of ether oxygens (including phenoxy) is 1. The second-order valence-electron chi connectivity index (χ2n) is 6.63. The van der Waals surface area contributed by atoms with Gasteiger partial charge in [0.25, 0.3) is 11.8 Å². The van der Waals surface area contributed by atoms with Crippen LogP contribution in [0.15, 0.2) is 72.8 Å². The Morgan fingerprint density at radius 1 is 0.846 bits per heavy atom. The molecule has 3 saturated heterocycles. The Morgan fingerprint density at radius 2 is 1.38 bits per heavy atom. The number of benzene rings is 2. The van der Waals surface area contributed by atoms with Gasteiger partial charge in [-0.05, 0) is 16.7 Å². The van der Waals surface area contributed by atoms with E-state index in [2.05, 4.69) is 6.58 Å². The van der Waals surface area contributed by atoms with E-state index < -0.39 is 12.3 Å². The lowest BCUT2D eigenvalue weighted by Crippen LogP contribution is -2.62. The summed E-state index contributed by atoms with van der Waals surface area (Å²) in [5, 5.41) is 0. The predicted molar refractivity (Wildman–Crippen MR) is 96.7 cm³/mol. The fourth-order valence-corrected chi connectivity index (χ4v) is 3.52. The minimum atomic E-state index is -0.901. The third kappa shape index (κ3) is 2.91. The molecule has 5 nitrogen and oxygen atoms in total. The molecule has 5 rings (SSSR count). The van der Waals surface area contributed by atoms with Gasteiger partial charge in [0, 0.05) is 13.1 Å². The minimum absolute atomic E-state index is 0.128. The smallest absolute Gasteiger partial charge is 0.274 e. The maximum absolute atomic E-state index is 13.2. The zero-order valence-electron chi connectivity index (χ0n) is 14.4. The Kier molecular flexibility index (Phi) is 4.31. The molecular weight excluding hydrogens is 328 g/mol. The fraction of sp³-hybridized carbons (Fsp3) is 0.238. The second-order valence-corrected chi connectivity index (χ2v) is 6.63. The number of nitrogens with zero attached hydrogens (tertiary/aromatic N) is 2. The largest absolute Gasteiger partial charge is 0.345 e. The minimum Gasteiger partial charge on any atom is -0.345 e. The summed E-state index contributed by atoms with van der Waals surface area (Å²) in [6.45, 7) is 4.93. The molecular formula is C21H20N2O3. The van der Waals surface area contributed by atoms with Crippen molar-refractivity contribution in [2.24, 2.45) is 0 Å². The van der Waals surface area contributed by atoms with Crippen molar-refractivity contribution in [1.82, 2.24) is 9.80 Å². The van der Waals surface area contributed by atoms with Crippen LogP contribution in [0.1, 0.15) is 11.1 Å². The van der Waals surface area contributed by atoms with Crippen molar-refractivity contribution in [3.05, 3.63) is 83.9 Å². The topological polar surface area (TPSA) is 49.9 Å². The van der Waals surface area contributed by atoms with Crippen LogP contribution in [0.5, 0.6) is 0 Å². The van der Waals surface area contributed by atoms with Crippen LogP contribution in [0.25, 0.3) is 0 Å². The summed E-state index contributed by atoms with van der Waals surface area (Å²) in [6.07, 6.45) is -0.901. The van der Waals surface area contributed by atoms with E-state index in [0.29, 0.717) is 18.7 Å². The molecule has 0 spiro atoms. The van der Waals surface area contributed by atoms with Crippen molar-refractivity contribution in [1.29, 1.82) is 0 Å². The van der Waals surface area contributed by atoms with Gasteiger partial charge in [0.2, 0.25) is 6.23 Å². The molecule has 2 bridgehead atoms. The standard InChI is InChI=1S/C21H20N2O3/c1-15-14-26-21-20(25)22(12-16-8-4-2-5-9-16)18(15)19(24)23(21)13-17-10-6-3-7-11-17/h2-11,18,21H,1,12-14H2/t18-,21?/m0/s1. The first kappa shape index (κ1) is 16.5. The highest BCUT2D eigenvalue weighted by atomic mass is 16.5. The van der Waals surface area contributed by atoms with Crippen LogP contribution in [-0.2, 0) is 27.4 Å². The van der Waals surface area contributed by atoms with Crippen LogP contribution in [0.3, 0.4) is 0 Å². The summed E-state index contributed by atoms with van der Waals surface area (Å²) in [7, 11) is 0. The Hall–Kier alpha value is -2.92. The summed E-state index contributed by atoms with van der Waals surface area (Å²) >= 11 is 0. The van der Waals surface area contributed by atoms with E-state index in [1.54, 1.807) is 4.90 Å². The summed E-state index contributed by atoms with van der Waals surface area (Å²) < 4.78 is 5.76. The molecule has 2 aromatic carbocycles. The van der Waals surface area contributed by atoms with E-state index in [9.17, 15) is 9.59 Å². The van der Waals surface area contributed by atoms with Crippen LogP contribution in [0.4, 0.5) is 0 Å². The van der Waals surface area contributed by atoms with Gasteiger partial charge in [-0.1, -0.05) is 67.2 Å². The van der Waals surface area contributed by atoms with Gasteiger partial charge in [-0.25, -0.2) is 0 Å². The Morgan fingerprint density at radius 3 is 1.96 bits per heavy atom. The van der Waals surface area contributed by atoms with Crippen molar-refractivity contribution in [3.63, 3.8) is 0 Å². The predicted octanol–water partition coefficient (Wildman–Crippen LogP) is 2.34. The number of rotatable bonds is 4. The molecule has 3 heterocycles. The van der Waals surface area contributed by atoms with Gasteiger partial charge in [0.05, 0.1) is 6.61 Å². The van der Waals surface area contributed by atoms with Gasteiger partial charge >= 0.3 is 0 Å². The summed E-state index contributed by atoms with van der Waals surface area (Å²) in [6, 6.07) is 18.6. The molecule has 0 aromatic heterocycles. The van der Waals surface area contributed by atoms with Crippen LogP contribution in [-0.4, -0.2) is 40.5 Å². The van der Waals surface area contributed by atoms with Crippen molar-refractivity contribution in [2.75, 3.05) is 6.61 Å². The molecule has 0 N–H and O–H groups in total. The molecule has 3 aliphatic rings. The molecule has 3 fully saturated rings. The first-order valence-corrected chi connectivity index (χ1v) is 8.63. The van der Waals surface area contributed by atoms with Gasteiger partial charge in [-0.2, -0.15) is 0 Å². The van der Waals surface area contributed by atoms with Crippen molar-refractivity contribution >= 4 is 11.8 Å². The summed E-state index contributed by atoms with van der Waals surface area (Å²) in [5.74, 6) is -0.315. The van der Waals surface area contributed by atoms with Crippen molar-refractivity contribution in [3.8, 4) is 0 Å². The molecule has 132 valence electrons. The number of fused-ring (bicyclic) bond motifs is 4. The van der Waals surface area contributed by atoms with Gasteiger partial charge in [-0.3, -0.25) is 9.59 Å². The zero-order valence-corrected chi connectivity index (χ0v) is 14.4. The monoisotopic (exact) mass is 348 g/mol. The van der Waals surface area contributed by atoms with Gasteiger partial charge in [0.15, 0.2) is 0 Å². The summed E-state index contributed by atoms with van der Waals surface area (Å²) in [5.41, 5.74) is 2.56. The highest BCUT2D eigenvalue weighted by Crippen LogP contribution is 2.30. The van der Waals surface area contributed by atoms with E-state index in [4.69, 9.17) is 4.74 Å². The average Bonchev–Trinajstić information content (AvgIpc) is 2.85. The number of piperazine rings is 1. The highest BCUT2D eigenvalue weighted by Gasteiger charge is 2.50. The number of amides is 2. The SMILES string of the molecule is C=C1COC2C(=O)N(Cc3ccccc3)[C@@H]1C(=O)N2Cc1ccccc1. The van der Waals surface area contributed by atoms with Crippen LogP contribution in [0, 0.1) is 0 Å². The van der Waals surface area contributed by atoms with E-state index in [1.165, 1.54) is 4.90 Å². The molecule has 1 unspecified atom stereocenters. The van der Waals surface area contributed by atoms with Gasteiger partial charge < -0.3 is 14.5 Å². The number of carbonyl (C=O) groups is 2. The van der Waals surface area contributed by atoms with E-state index in [0.717, 1.165) is 11.1 Å². The second kappa shape index (κ2) is 6.77. The maximum Gasteiger partial charge on any atom is 0.274 e.